The van der Waals surface area contributed by atoms with Gasteiger partial charge in [0.25, 0.3) is 5.91 Å². The summed E-state index contributed by atoms with van der Waals surface area (Å²) in [6.45, 7) is 6.06. The zero-order chi connectivity index (χ0) is 13.5. The van der Waals surface area contributed by atoms with Gasteiger partial charge < -0.3 is 4.74 Å². The first kappa shape index (κ1) is 14.5. The molecule has 0 aromatic heterocycles. The summed E-state index contributed by atoms with van der Waals surface area (Å²) >= 11 is 0. The van der Waals surface area contributed by atoms with Crippen molar-refractivity contribution in [3.8, 4) is 0 Å². The summed E-state index contributed by atoms with van der Waals surface area (Å²) in [4.78, 5) is 11.7. The Morgan fingerprint density at radius 3 is 2.83 bits per heavy atom. The number of allylic oxidation sites excluding steroid dienone is 2. The van der Waals surface area contributed by atoms with Crippen LogP contribution in [0.15, 0.2) is 28.6 Å². The van der Waals surface area contributed by atoms with Crippen LogP contribution in [0.4, 0.5) is 0 Å². The zero-order valence-corrected chi connectivity index (χ0v) is 11.6. The van der Waals surface area contributed by atoms with E-state index in [1.807, 2.05) is 26.0 Å². The Bertz CT molecular complexity index is 395. The van der Waals surface area contributed by atoms with E-state index < -0.39 is 0 Å². The third-order valence-electron chi connectivity index (χ3n) is 3.04. The predicted octanol–water partition coefficient (Wildman–Crippen LogP) is 2.78. The number of nitrogens with one attached hydrogen (secondary N) is 1. The normalized spacial score (nSPS) is 22.1. The molecule has 18 heavy (non-hydrogen) atoms. The van der Waals surface area contributed by atoms with Crippen LogP contribution in [0, 0.1) is 5.92 Å². The average Bonchev–Trinajstić information content (AvgIpc) is 2.64. The number of fused-ring (bicyclic) bond motifs is 1. The fraction of sp³-hybridized carbons (Fsp3) is 0.571. The van der Waals surface area contributed by atoms with Gasteiger partial charge in [-0.3, -0.25) is 4.79 Å². The van der Waals surface area contributed by atoms with Crippen molar-refractivity contribution in [1.29, 1.82) is 0 Å². The second-order valence-electron chi connectivity index (χ2n) is 3.94. The highest BCUT2D eigenvalue weighted by Crippen LogP contribution is 2.28. The van der Waals surface area contributed by atoms with E-state index in [1.165, 1.54) is 0 Å². The van der Waals surface area contributed by atoms with Crippen LogP contribution < -0.4 is 5.43 Å². The summed E-state index contributed by atoms with van der Waals surface area (Å²) in [5.74, 6) is 0.819. The number of methoxy groups -OCH3 is 1. The van der Waals surface area contributed by atoms with Crippen LogP contribution in [-0.4, -0.2) is 18.7 Å². The van der Waals surface area contributed by atoms with Gasteiger partial charge in [0.1, 0.15) is 5.76 Å². The lowest BCUT2D eigenvalue weighted by atomic mass is 9.87. The number of ether oxygens (including phenoxy) is 1. The van der Waals surface area contributed by atoms with Crippen LogP contribution in [-0.2, 0) is 9.53 Å². The smallest absolute Gasteiger partial charge is 0.268 e. The van der Waals surface area contributed by atoms with Crippen molar-refractivity contribution < 1.29 is 9.53 Å². The Morgan fingerprint density at radius 1 is 1.50 bits per heavy atom. The molecule has 4 heteroatoms. The molecule has 100 valence electrons. The van der Waals surface area contributed by atoms with Crippen molar-refractivity contribution >= 4 is 11.6 Å². The SMILES string of the molecule is CC.CCC1=NNC(=O)C2=CC(OC)=CCCC21. The minimum Gasteiger partial charge on any atom is -0.497 e. The molecular formula is C14H22N2O2. The van der Waals surface area contributed by atoms with E-state index >= 15 is 0 Å². The molecule has 0 aromatic carbocycles. The van der Waals surface area contributed by atoms with Gasteiger partial charge in [0.2, 0.25) is 0 Å². The lowest BCUT2D eigenvalue weighted by molar-refractivity contribution is -0.118. The molecule has 1 aliphatic carbocycles. The number of hydrogen-bond acceptors (Lipinski definition) is 3. The summed E-state index contributed by atoms with van der Waals surface area (Å²) in [7, 11) is 1.62. The Hall–Kier alpha value is -1.58. The number of rotatable bonds is 2. The standard InChI is InChI=1S/C12H16N2O2.C2H6/c1-3-11-9-6-4-5-8(16-2)7-10(9)12(15)14-13-11;1-2/h5,7,9H,3-4,6H2,1-2H3,(H,14,15);1-2H3. The maximum absolute atomic E-state index is 11.7. The molecule has 4 nitrogen and oxygen atoms in total. The highest BCUT2D eigenvalue weighted by Gasteiger charge is 2.29. The van der Waals surface area contributed by atoms with Crippen LogP contribution in [0.3, 0.4) is 0 Å². The van der Waals surface area contributed by atoms with E-state index in [0.717, 1.165) is 36.3 Å². The summed E-state index contributed by atoms with van der Waals surface area (Å²) in [5, 5.41) is 4.12. The quantitative estimate of drug-likeness (QED) is 0.819. The van der Waals surface area contributed by atoms with E-state index in [2.05, 4.69) is 17.5 Å². The molecule has 1 unspecified atom stereocenters. The van der Waals surface area contributed by atoms with E-state index in [9.17, 15) is 4.79 Å². The van der Waals surface area contributed by atoms with Crippen molar-refractivity contribution in [3.63, 3.8) is 0 Å². The summed E-state index contributed by atoms with van der Waals surface area (Å²) in [6.07, 6.45) is 6.56. The number of carbonyl (C=O) groups excluding carboxylic acids is 1. The van der Waals surface area contributed by atoms with Gasteiger partial charge in [-0.2, -0.15) is 5.10 Å². The van der Waals surface area contributed by atoms with Gasteiger partial charge in [0.15, 0.2) is 0 Å². The molecule has 0 aromatic rings. The summed E-state index contributed by atoms with van der Waals surface area (Å²) in [6, 6.07) is 0. The molecule has 1 heterocycles. The summed E-state index contributed by atoms with van der Waals surface area (Å²) in [5.41, 5.74) is 4.38. The lowest BCUT2D eigenvalue weighted by Gasteiger charge is -2.23. The molecule has 2 aliphatic rings. The Labute approximate surface area is 109 Å². The van der Waals surface area contributed by atoms with Crippen molar-refractivity contribution in [2.24, 2.45) is 11.0 Å². The molecule has 0 saturated carbocycles. The molecule has 0 radical (unpaired) electrons. The molecule has 0 fully saturated rings. The highest BCUT2D eigenvalue weighted by molar-refractivity contribution is 6.05. The minimum absolute atomic E-state index is 0.105. The minimum atomic E-state index is -0.105. The average molecular weight is 250 g/mol. The largest absolute Gasteiger partial charge is 0.497 e. The number of hydrogen-bond donors (Lipinski definition) is 1. The maximum Gasteiger partial charge on any atom is 0.268 e. The molecule has 0 bridgehead atoms. The maximum atomic E-state index is 11.7. The molecular weight excluding hydrogens is 228 g/mol. The van der Waals surface area contributed by atoms with Crippen LogP contribution in [0.25, 0.3) is 0 Å². The fourth-order valence-corrected chi connectivity index (χ4v) is 2.16. The van der Waals surface area contributed by atoms with E-state index in [1.54, 1.807) is 7.11 Å². The molecule has 0 saturated heterocycles. The third kappa shape index (κ3) is 3.00. The van der Waals surface area contributed by atoms with Crippen molar-refractivity contribution in [2.45, 2.75) is 40.0 Å². The first-order valence-electron chi connectivity index (χ1n) is 6.58. The van der Waals surface area contributed by atoms with Gasteiger partial charge in [-0.25, -0.2) is 5.43 Å². The Balaban J connectivity index is 0.000000771. The molecule has 0 spiro atoms. The lowest BCUT2D eigenvalue weighted by Crippen LogP contribution is -2.35. The topological polar surface area (TPSA) is 50.7 Å². The van der Waals surface area contributed by atoms with Gasteiger partial charge >= 0.3 is 0 Å². The van der Waals surface area contributed by atoms with E-state index in [4.69, 9.17) is 4.74 Å². The van der Waals surface area contributed by atoms with E-state index in [-0.39, 0.29) is 11.8 Å². The van der Waals surface area contributed by atoms with Crippen molar-refractivity contribution in [1.82, 2.24) is 5.43 Å². The molecule has 1 aliphatic heterocycles. The molecule has 2 rings (SSSR count). The zero-order valence-electron chi connectivity index (χ0n) is 11.6. The number of nitrogens with zero attached hydrogens (tertiary/aromatic N) is 1. The van der Waals surface area contributed by atoms with Gasteiger partial charge in [-0.15, -0.1) is 0 Å². The van der Waals surface area contributed by atoms with Crippen LogP contribution in [0.5, 0.6) is 0 Å². The number of carbonyl (C=O) groups is 1. The van der Waals surface area contributed by atoms with Crippen molar-refractivity contribution in [2.75, 3.05) is 7.11 Å². The second-order valence-corrected chi connectivity index (χ2v) is 3.94. The molecule has 1 amide bonds. The molecule has 1 N–H and O–H groups in total. The number of amides is 1. The van der Waals surface area contributed by atoms with Gasteiger partial charge in [-0.1, -0.05) is 20.8 Å². The highest BCUT2D eigenvalue weighted by atomic mass is 16.5. The molecule has 1 atom stereocenters. The Kier molecular flexibility index (Phi) is 5.62. The van der Waals surface area contributed by atoms with E-state index in [0.29, 0.717) is 0 Å². The van der Waals surface area contributed by atoms with Crippen LogP contribution in [0.2, 0.25) is 0 Å². The fourth-order valence-electron chi connectivity index (χ4n) is 2.16. The van der Waals surface area contributed by atoms with Crippen LogP contribution >= 0.6 is 0 Å². The van der Waals surface area contributed by atoms with Crippen molar-refractivity contribution in [3.05, 3.63) is 23.5 Å². The second kappa shape index (κ2) is 6.99. The Morgan fingerprint density at radius 2 is 2.22 bits per heavy atom. The summed E-state index contributed by atoms with van der Waals surface area (Å²) < 4.78 is 5.20. The van der Waals surface area contributed by atoms with Crippen LogP contribution in [0.1, 0.15) is 40.0 Å². The monoisotopic (exact) mass is 250 g/mol. The van der Waals surface area contributed by atoms with Gasteiger partial charge in [0.05, 0.1) is 7.11 Å². The number of hydrazone groups is 1. The third-order valence-corrected chi connectivity index (χ3v) is 3.04. The first-order valence-corrected chi connectivity index (χ1v) is 6.58. The first-order chi connectivity index (χ1) is 8.76. The predicted molar refractivity (Wildman–Crippen MR) is 73.1 cm³/mol. The van der Waals surface area contributed by atoms with Gasteiger partial charge in [-0.05, 0) is 31.4 Å². The van der Waals surface area contributed by atoms with Gasteiger partial charge in [0, 0.05) is 17.2 Å².